The molecule has 0 saturated heterocycles. The van der Waals surface area contributed by atoms with Crippen LogP contribution < -0.4 is 4.74 Å². The van der Waals surface area contributed by atoms with Crippen molar-refractivity contribution in [3.8, 4) is 5.75 Å². The fourth-order valence-corrected chi connectivity index (χ4v) is 5.87. The lowest BCUT2D eigenvalue weighted by Crippen LogP contribution is -2.16. The largest absolute Gasteiger partial charge is 0.491 e. The Bertz CT molecular complexity index is 1040. The standard InChI is InChI=1S/C31H37F3O/c1-3-5-21-8-13-24(14-9-21)26-17-18-27(31(34)30(26)33)25-15-10-22(11-16-25)6-7-23-12-19-29(35-4-2)28(32)20-23/h3,5-7,12,17-22,24-25H,4,8-11,13-16H2,1-2H3/b5-3+,7-6+. The molecule has 0 N–H and O–H groups in total. The first-order chi connectivity index (χ1) is 17.0. The van der Waals surface area contributed by atoms with E-state index in [0.717, 1.165) is 56.9 Å². The normalized spacial score (nSPS) is 25.4. The quantitative estimate of drug-likeness (QED) is 0.357. The first-order valence-electron chi connectivity index (χ1n) is 13.2. The number of halogens is 3. The highest BCUT2D eigenvalue weighted by molar-refractivity contribution is 5.51. The van der Waals surface area contributed by atoms with E-state index < -0.39 is 11.6 Å². The van der Waals surface area contributed by atoms with Crippen molar-refractivity contribution >= 4 is 6.08 Å². The summed E-state index contributed by atoms with van der Waals surface area (Å²) >= 11 is 0. The van der Waals surface area contributed by atoms with E-state index in [1.54, 1.807) is 6.07 Å². The van der Waals surface area contributed by atoms with Crippen molar-refractivity contribution in [3.05, 3.63) is 82.7 Å². The van der Waals surface area contributed by atoms with Crippen LogP contribution in [0, 0.1) is 29.3 Å². The van der Waals surface area contributed by atoms with Crippen LogP contribution in [0.4, 0.5) is 13.2 Å². The van der Waals surface area contributed by atoms with Gasteiger partial charge < -0.3 is 4.74 Å². The first-order valence-corrected chi connectivity index (χ1v) is 13.2. The van der Waals surface area contributed by atoms with Gasteiger partial charge in [-0.1, -0.05) is 42.5 Å². The van der Waals surface area contributed by atoms with Crippen molar-refractivity contribution in [2.75, 3.05) is 6.61 Å². The third kappa shape index (κ3) is 6.20. The lowest BCUT2D eigenvalue weighted by Gasteiger charge is -2.30. The average Bonchev–Trinajstić information content (AvgIpc) is 2.87. The van der Waals surface area contributed by atoms with Gasteiger partial charge in [0, 0.05) is 0 Å². The SMILES string of the molecule is C/C=C/C1CCC(c2ccc(C3CCC(/C=C/c4ccc(OCC)c(F)c4)CC3)c(F)c2F)CC1. The lowest BCUT2D eigenvalue weighted by molar-refractivity contribution is 0.321. The number of hydrogen-bond donors (Lipinski definition) is 0. The molecule has 4 heteroatoms. The Hall–Kier alpha value is -2.49. The summed E-state index contributed by atoms with van der Waals surface area (Å²) in [6.07, 6.45) is 15.8. The van der Waals surface area contributed by atoms with Gasteiger partial charge in [-0.05, 0) is 118 Å². The molecule has 2 aromatic carbocycles. The van der Waals surface area contributed by atoms with Gasteiger partial charge in [-0.25, -0.2) is 13.2 Å². The van der Waals surface area contributed by atoms with Gasteiger partial charge in [0.1, 0.15) is 0 Å². The van der Waals surface area contributed by atoms with Crippen LogP contribution in [0.5, 0.6) is 5.75 Å². The molecule has 0 aliphatic heterocycles. The fraction of sp³-hybridized carbons (Fsp3) is 0.484. The van der Waals surface area contributed by atoms with E-state index in [1.165, 1.54) is 6.07 Å². The lowest BCUT2D eigenvalue weighted by atomic mass is 9.76. The summed E-state index contributed by atoms with van der Waals surface area (Å²) in [5, 5.41) is 0. The zero-order chi connectivity index (χ0) is 24.8. The Morgan fingerprint density at radius 1 is 0.771 bits per heavy atom. The van der Waals surface area contributed by atoms with Crippen LogP contribution in [-0.4, -0.2) is 6.61 Å². The molecule has 0 aromatic heterocycles. The molecule has 2 aliphatic rings. The van der Waals surface area contributed by atoms with Gasteiger partial charge in [0.25, 0.3) is 0 Å². The van der Waals surface area contributed by atoms with E-state index in [1.807, 2.05) is 38.1 Å². The predicted octanol–water partition coefficient (Wildman–Crippen LogP) is 9.34. The summed E-state index contributed by atoms with van der Waals surface area (Å²) < 4.78 is 49.6. The number of hydrogen-bond acceptors (Lipinski definition) is 1. The molecule has 2 saturated carbocycles. The van der Waals surface area contributed by atoms with E-state index >= 15 is 8.78 Å². The molecule has 2 aliphatic carbocycles. The summed E-state index contributed by atoms with van der Waals surface area (Å²) in [7, 11) is 0. The molecule has 35 heavy (non-hydrogen) atoms. The zero-order valence-corrected chi connectivity index (χ0v) is 20.9. The zero-order valence-electron chi connectivity index (χ0n) is 20.9. The third-order valence-electron chi connectivity index (χ3n) is 7.85. The maximum Gasteiger partial charge on any atom is 0.165 e. The number of rotatable bonds is 7. The van der Waals surface area contributed by atoms with E-state index in [0.29, 0.717) is 29.6 Å². The van der Waals surface area contributed by atoms with Crippen LogP contribution in [0.15, 0.2) is 48.6 Å². The highest BCUT2D eigenvalue weighted by atomic mass is 19.2. The summed E-state index contributed by atoms with van der Waals surface area (Å²) in [5.41, 5.74) is 1.89. The van der Waals surface area contributed by atoms with Crippen LogP contribution in [0.3, 0.4) is 0 Å². The molecule has 0 amide bonds. The summed E-state index contributed by atoms with van der Waals surface area (Å²) in [6.45, 7) is 4.29. The van der Waals surface area contributed by atoms with E-state index in [4.69, 9.17) is 4.74 Å². The highest BCUT2D eigenvalue weighted by Crippen LogP contribution is 2.42. The molecule has 0 atom stereocenters. The van der Waals surface area contributed by atoms with Crippen LogP contribution in [0.2, 0.25) is 0 Å². The van der Waals surface area contributed by atoms with E-state index in [9.17, 15) is 4.39 Å². The Morgan fingerprint density at radius 3 is 1.80 bits per heavy atom. The van der Waals surface area contributed by atoms with Crippen molar-refractivity contribution in [2.45, 2.75) is 77.0 Å². The molecule has 0 radical (unpaired) electrons. The molecule has 2 aromatic rings. The van der Waals surface area contributed by atoms with Crippen molar-refractivity contribution in [1.82, 2.24) is 0 Å². The topological polar surface area (TPSA) is 9.23 Å². The van der Waals surface area contributed by atoms with Gasteiger partial charge in [-0.3, -0.25) is 0 Å². The minimum absolute atomic E-state index is 0.0524. The number of allylic oxidation sites excluding steroid dienone is 3. The van der Waals surface area contributed by atoms with Crippen molar-refractivity contribution in [2.24, 2.45) is 11.8 Å². The highest BCUT2D eigenvalue weighted by Gasteiger charge is 2.29. The Morgan fingerprint density at radius 2 is 1.31 bits per heavy atom. The predicted molar refractivity (Wildman–Crippen MR) is 137 cm³/mol. The molecule has 4 rings (SSSR count). The van der Waals surface area contributed by atoms with Gasteiger partial charge >= 0.3 is 0 Å². The third-order valence-corrected chi connectivity index (χ3v) is 7.85. The molecule has 0 unspecified atom stereocenters. The first kappa shape index (κ1) is 25.6. The molecule has 0 heterocycles. The monoisotopic (exact) mass is 482 g/mol. The number of ether oxygens (including phenoxy) is 1. The van der Waals surface area contributed by atoms with Gasteiger partial charge in [-0.15, -0.1) is 0 Å². The van der Waals surface area contributed by atoms with Crippen LogP contribution in [-0.2, 0) is 0 Å². The van der Waals surface area contributed by atoms with Crippen LogP contribution in [0.25, 0.3) is 6.08 Å². The Kier molecular flexibility index (Phi) is 8.75. The van der Waals surface area contributed by atoms with E-state index in [-0.39, 0.29) is 23.4 Å². The maximum absolute atomic E-state index is 15.1. The molecular weight excluding hydrogens is 445 g/mol. The second-order valence-electron chi connectivity index (χ2n) is 10.1. The molecule has 1 nitrogen and oxygen atoms in total. The summed E-state index contributed by atoms with van der Waals surface area (Å²) in [6, 6.07) is 8.68. The molecule has 188 valence electrons. The van der Waals surface area contributed by atoms with Gasteiger partial charge in [0.05, 0.1) is 6.61 Å². The molecule has 0 bridgehead atoms. The molecule has 2 fully saturated rings. The maximum atomic E-state index is 15.1. The molecule has 0 spiro atoms. The summed E-state index contributed by atoms with van der Waals surface area (Å²) in [4.78, 5) is 0. The second kappa shape index (κ2) is 12.0. The van der Waals surface area contributed by atoms with Crippen molar-refractivity contribution in [1.29, 1.82) is 0 Å². The van der Waals surface area contributed by atoms with Crippen LogP contribution >= 0.6 is 0 Å². The van der Waals surface area contributed by atoms with Gasteiger partial charge in [0.2, 0.25) is 0 Å². The van der Waals surface area contributed by atoms with Gasteiger partial charge in [0.15, 0.2) is 23.2 Å². The van der Waals surface area contributed by atoms with Gasteiger partial charge in [-0.2, -0.15) is 0 Å². The average molecular weight is 483 g/mol. The van der Waals surface area contributed by atoms with Crippen LogP contribution in [0.1, 0.15) is 93.7 Å². The minimum atomic E-state index is -0.637. The Balaban J connectivity index is 1.35. The van der Waals surface area contributed by atoms with E-state index in [2.05, 4.69) is 18.2 Å². The second-order valence-corrected chi connectivity index (χ2v) is 10.1. The minimum Gasteiger partial charge on any atom is -0.491 e. The Labute approximate surface area is 208 Å². The smallest absolute Gasteiger partial charge is 0.165 e. The number of benzene rings is 2. The molecular formula is C31H37F3O. The van der Waals surface area contributed by atoms with Crippen molar-refractivity contribution in [3.63, 3.8) is 0 Å². The fourth-order valence-electron chi connectivity index (χ4n) is 5.87. The summed E-state index contributed by atoms with van der Waals surface area (Å²) in [5.74, 6) is -0.249. The van der Waals surface area contributed by atoms with Crippen molar-refractivity contribution < 1.29 is 17.9 Å².